The summed E-state index contributed by atoms with van der Waals surface area (Å²) in [6.45, 7) is 0.440. The molecule has 0 N–H and O–H groups in total. The van der Waals surface area contributed by atoms with Crippen molar-refractivity contribution in [1.29, 1.82) is 5.26 Å². The van der Waals surface area contributed by atoms with Crippen LogP contribution in [0.25, 0.3) is 0 Å². The Morgan fingerprint density at radius 3 is 2.62 bits per heavy atom. The lowest BCUT2D eigenvalue weighted by Gasteiger charge is -2.18. The Balaban J connectivity index is 2.37. The molecular weight excluding hydrogens is 224 g/mol. The summed E-state index contributed by atoms with van der Waals surface area (Å²) in [6.07, 6.45) is 1.38. The van der Waals surface area contributed by atoms with Crippen LogP contribution < -0.4 is 0 Å². The zero-order valence-electron chi connectivity index (χ0n) is 8.70. The van der Waals surface area contributed by atoms with Gasteiger partial charge in [0.25, 0.3) is 0 Å². The molecule has 1 unspecified atom stereocenters. The first-order valence-corrected chi connectivity index (χ1v) is 6.57. The zero-order chi connectivity index (χ0) is 11.6. The quantitative estimate of drug-likeness (QED) is 0.779. The first-order valence-electron chi connectivity index (χ1n) is 5.13. The van der Waals surface area contributed by atoms with E-state index in [1.807, 2.05) is 6.07 Å². The molecule has 0 aromatic heterocycles. The van der Waals surface area contributed by atoms with E-state index in [0.29, 0.717) is 13.0 Å². The molecule has 1 atom stereocenters. The molecule has 1 heterocycles. The predicted octanol–water partition coefficient (Wildman–Crippen LogP) is 1.36. The number of benzene rings is 1. The Hall–Kier alpha value is -1.38. The average Bonchev–Trinajstić information content (AvgIpc) is 2.79. The lowest BCUT2D eigenvalue weighted by molar-refractivity contribution is 0.437. The topological polar surface area (TPSA) is 61.2 Å². The molecule has 4 nitrogen and oxygen atoms in total. The van der Waals surface area contributed by atoms with Crippen molar-refractivity contribution >= 4 is 10.0 Å². The normalized spacial score (nSPS) is 21.8. The first-order chi connectivity index (χ1) is 7.66. The maximum Gasteiger partial charge on any atom is 0.244 e. The van der Waals surface area contributed by atoms with E-state index < -0.39 is 16.1 Å². The summed E-state index contributed by atoms with van der Waals surface area (Å²) in [5, 5.41) is 8.89. The van der Waals surface area contributed by atoms with Gasteiger partial charge in [-0.3, -0.25) is 0 Å². The molecule has 1 aromatic carbocycles. The van der Waals surface area contributed by atoms with Gasteiger partial charge < -0.3 is 0 Å². The van der Waals surface area contributed by atoms with Crippen LogP contribution in [0.1, 0.15) is 12.8 Å². The highest BCUT2D eigenvalue weighted by molar-refractivity contribution is 7.89. The molecule has 5 heteroatoms. The highest BCUT2D eigenvalue weighted by Gasteiger charge is 2.35. The van der Waals surface area contributed by atoms with E-state index in [2.05, 4.69) is 0 Å². The van der Waals surface area contributed by atoms with Crippen LogP contribution in [0.2, 0.25) is 0 Å². The van der Waals surface area contributed by atoms with E-state index in [9.17, 15) is 8.42 Å². The van der Waals surface area contributed by atoms with E-state index >= 15 is 0 Å². The van der Waals surface area contributed by atoms with E-state index in [1.54, 1.807) is 30.3 Å². The molecule has 0 saturated carbocycles. The van der Waals surface area contributed by atoms with Crippen LogP contribution in [0, 0.1) is 11.3 Å². The second-order valence-electron chi connectivity index (χ2n) is 3.72. The fraction of sp³-hybridized carbons (Fsp3) is 0.364. The minimum absolute atomic E-state index is 0.261. The number of nitrogens with zero attached hydrogens (tertiary/aromatic N) is 2. The Morgan fingerprint density at radius 1 is 1.31 bits per heavy atom. The van der Waals surface area contributed by atoms with Gasteiger partial charge in [-0.25, -0.2) is 8.42 Å². The summed E-state index contributed by atoms with van der Waals surface area (Å²) < 4.78 is 25.7. The highest BCUT2D eigenvalue weighted by atomic mass is 32.2. The van der Waals surface area contributed by atoms with Gasteiger partial charge in [0.15, 0.2) is 0 Å². The second-order valence-corrected chi connectivity index (χ2v) is 5.61. The SMILES string of the molecule is N#CC1CCCN1S(=O)(=O)c1ccccc1. The van der Waals surface area contributed by atoms with Crippen molar-refractivity contribution in [1.82, 2.24) is 4.31 Å². The standard InChI is InChI=1S/C11H12N2O2S/c12-9-10-5-4-8-13(10)16(14,15)11-6-2-1-3-7-11/h1-3,6-7,10H,4-5,8H2. The Labute approximate surface area is 95.2 Å². The fourth-order valence-electron chi connectivity index (χ4n) is 1.88. The van der Waals surface area contributed by atoms with Crippen LogP contribution in [0.15, 0.2) is 35.2 Å². The molecule has 1 aromatic rings. The Morgan fingerprint density at radius 2 is 2.00 bits per heavy atom. The van der Waals surface area contributed by atoms with Crippen LogP contribution >= 0.6 is 0 Å². The average molecular weight is 236 g/mol. The number of nitriles is 1. The summed E-state index contributed by atoms with van der Waals surface area (Å²) in [5.41, 5.74) is 0. The molecule has 16 heavy (non-hydrogen) atoms. The third-order valence-electron chi connectivity index (χ3n) is 2.70. The first kappa shape index (κ1) is 11.1. The Kier molecular flexibility index (Phi) is 2.95. The van der Waals surface area contributed by atoms with Crippen molar-refractivity contribution in [3.8, 4) is 6.07 Å². The molecule has 0 spiro atoms. The largest absolute Gasteiger partial charge is 0.244 e. The predicted molar refractivity (Wildman–Crippen MR) is 59.0 cm³/mol. The molecule has 0 amide bonds. The summed E-state index contributed by atoms with van der Waals surface area (Å²) in [7, 11) is -3.49. The zero-order valence-corrected chi connectivity index (χ0v) is 9.52. The van der Waals surface area contributed by atoms with Gasteiger partial charge in [-0.1, -0.05) is 18.2 Å². The third kappa shape index (κ3) is 1.82. The monoisotopic (exact) mass is 236 g/mol. The van der Waals surface area contributed by atoms with Crippen molar-refractivity contribution in [2.24, 2.45) is 0 Å². The smallest absolute Gasteiger partial charge is 0.207 e. The minimum atomic E-state index is -3.49. The van der Waals surface area contributed by atoms with E-state index in [-0.39, 0.29) is 4.90 Å². The lowest BCUT2D eigenvalue weighted by atomic mass is 10.2. The molecule has 0 aliphatic carbocycles. The van der Waals surface area contributed by atoms with Gasteiger partial charge in [0.05, 0.1) is 11.0 Å². The fourth-order valence-corrected chi connectivity index (χ4v) is 3.51. The summed E-state index contributed by atoms with van der Waals surface area (Å²) in [6, 6.07) is 9.78. The molecule has 84 valence electrons. The van der Waals surface area contributed by atoms with Gasteiger partial charge in [-0.15, -0.1) is 0 Å². The van der Waals surface area contributed by atoms with Crippen molar-refractivity contribution in [3.63, 3.8) is 0 Å². The van der Waals surface area contributed by atoms with E-state index in [0.717, 1.165) is 6.42 Å². The molecule has 1 fully saturated rings. The summed E-state index contributed by atoms with van der Waals surface area (Å²) in [5.74, 6) is 0. The maximum absolute atomic E-state index is 12.2. The molecular formula is C11H12N2O2S. The van der Waals surface area contributed by atoms with Crippen molar-refractivity contribution in [2.75, 3.05) is 6.54 Å². The van der Waals surface area contributed by atoms with Gasteiger partial charge >= 0.3 is 0 Å². The van der Waals surface area contributed by atoms with E-state index in [4.69, 9.17) is 5.26 Å². The molecule has 2 rings (SSSR count). The second kappa shape index (κ2) is 4.24. The van der Waals surface area contributed by atoms with Gasteiger partial charge in [0, 0.05) is 6.54 Å². The van der Waals surface area contributed by atoms with Crippen LogP contribution in [0.4, 0.5) is 0 Å². The molecule has 1 aliphatic heterocycles. The van der Waals surface area contributed by atoms with Crippen molar-refractivity contribution < 1.29 is 8.42 Å². The van der Waals surface area contributed by atoms with Gasteiger partial charge in [0.2, 0.25) is 10.0 Å². The molecule has 1 saturated heterocycles. The van der Waals surface area contributed by atoms with Crippen molar-refractivity contribution in [3.05, 3.63) is 30.3 Å². The van der Waals surface area contributed by atoms with Crippen LogP contribution in [-0.2, 0) is 10.0 Å². The maximum atomic E-state index is 12.2. The van der Waals surface area contributed by atoms with Crippen LogP contribution in [-0.4, -0.2) is 25.3 Å². The summed E-state index contributed by atoms with van der Waals surface area (Å²) >= 11 is 0. The van der Waals surface area contributed by atoms with E-state index in [1.165, 1.54) is 4.31 Å². The number of hydrogen-bond acceptors (Lipinski definition) is 3. The molecule has 0 bridgehead atoms. The lowest BCUT2D eigenvalue weighted by Crippen LogP contribution is -2.34. The third-order valence-corrected chi connectivity index (χ3v) is 4.62. The Bertz CT molecular complexity index is 505. The number of rotatable bonds is 2. The highest BCUT2D eigenvalue weighted by Crippen LogP contribution is 2.25. The number of hydrogen-bond donors (Lipinski definition) is 0. The minimum Gasteiger partial charge on any atom is -0.207 e. The molecule has 1 aliphatic rings. The van der Waals surface area contributed by atoms with Crippen LogP contribution in [0.3, 0.4) is 0 Å². The van der Waals surface area contributed by atoms with Crippen LogP contribution in [0.5, 0.6) is 0 Å². The van der Waals surface area contributed by atoms with Gasteiger partial charge in [-0.05, 0) is 25.0 Å². The van der Waals surface area contributed by atoms with Crippen molar-refractivity contribution in [2.45, 2.75) is 23.8 Å². The summed E-state index contributed by atoms with van der Waals surface area (Å²) in [4.78, 5) is 0.261. The van der Waals surface area contributed by atoms with Gasteiger partial charge in [0.1, 0.15) is 6.04 Å². The number of sulfonamides is 1. The molecule has 0 radical (unpaired) electrons. The van der Waals surface area contributed by atoms with Gasteiger partial charge in [-0.2, -0.15) is 9.57 Å².